The van der Waals surface area contributed by atoms with Gasteiger partial charge in [-0.2, -0.15) is 0 Å². The highest BCUT2D eigenvalue weighted by Crippen LogP contribution is 2.33. The Morgan fingerprint density at radius 1 is 1.56 bits per heavy atom. The number of nitrogens with one attached hydrogen (secondary N) is 1. The minimum absolute atomic E-state index is 0.112. The van der Waals surface area contributed by atoms with E-state index in [-0.39, 0.29) is 17.7 Å². The molecule has 1 aromatic rings. The summed E-state index contributed by atoms with van der Waals surface area (Å²) in [7, 11) is 0. The number of benzene rings is 1. The maximum absolute atomic E-state index is 12.1. The van der Waals surface area contributed by atoms with Crippen LogP contribution in [0.3, 0.4) is 0 Å². The number of hydrogen-bond acceptors (Lipinski definition) is 3. The maximum Gasteiger partial charge on any atom is 0.252 e. The van der Waals surface area contributed by atoms with Gasteiger partial charge in [0.05, 0.1) is 11.0 Å². The highest BCUT2D eigenvalue weighted by molar-refractivity contribution is 7.80. The molecule has 0 heterocycles. The zero-order valence-electron chi connectivity index (χ0n) is 10.1. The summed E-state index contributed by atoms with van der Waals surface area (Å²) in [5.41, 5.74) is 6.66. The van der Waals surface area contributed by atoms with Gasteiger partial charge in [0.1, 0.15) is 5.75 Å². The molecule has 1 unspecified atom stereocenters. The number of phenols is 1. The average Bonchev–Trinajstić information content (AvgIpc) is 3.13. The Balaban J connectivity index is 2.16. The summed E-state index contributed by atoms with van der Waals surface area (Å²) in [5.74, 6) is 0.234. The van der Waals surface area contributed by atoms with Gasteiger partial charge in [0.25, 0.3) is 5.91 Å². The molecule has 5 heteroatoms. The molecule has 0 bridgehead atoms. The third-order valence-electron chi connectivity index (χ3n) is 3.24. The summed E-state index contributed by atoms with van der Waals surface area (Å²) in [6, 6.07) is 4.63. The number of amides is 1. The largest absolute Gasteiger partial charge is 0.508 e. The molecule has 2 rings (SSSR count). The predicted molar refractivity (Wildman–Crippen MR) is 73.6 cm³/mol. The first-order valence-corrected chi connectivity index (χ1v) is 6.30. The fourth-order valence-electron chi connectivity index (χ4n) is 1.94. The molecule has 1 aliphatic carbocycles. The van der Waals surface area contributed by atoms with Crippen LogP contribution >= 0.6 is 12.2 Å². The number of phenolic OH excluding ortho intramolecular Hbond substituents is 1. The Hall–Kier alpha value is -1.62. The Morgan fingerprint density at radius 3 is 2.78 bits per heavy atom. The molecule has 1 amide bonds. The van der Waals surface area contributed by atoms with Gasteiger partial charge in [-0.15, -0.1) is 0 Å². The van der Waals surface area contributed by atoms with Crippen molar-refractivity contribution in [3.05, 3.63) is 29.3 Å². The van der Waals surface area contributed by atoms with Crippen LogP contribution in [0.2, 0.25) is 0 Å². The van der Waals surface area contributed by atoms with Crippen LogP contribution in [0.15, 0.2) is 18.2 Å². The third-order valence-corrected chi connectivity index (χ3v) is 3.49. The molecular weight excluding hydrogens is 248 g/mol. The van der Waals surface area contributed by atoms with Crippen molar-refractivity contribution in [2.24, 2.45) is 11.7 Å². The highest BCUT2D eigenvalue weighted by atomic mass is 32.1. The fourth-order valence-corrected chi connectivity index (χ4v) is 2.19. The van der Waals surface area contributed by atoms with Gasteiger partial charge in [-0.3, -0.25) is 4.79 Å². The monoisotopic (exact) mass is 264 g/mol. The van der Waals surface area contributed by atoms with E-state index in [0.29, 0.717) is 22.0 Å². The zero-order chi connectivity index (χ0) is 13.3. The van der Waals surface area contributed by atoms with Crippen LogP contribution in [0, 0.1) is 12.8 Å². The van der Waals surface area contributed by atoms with E-state index in [1.54, 1.807) is 25.1 Å². The topological polar surface area (TPSA) is 75.3 Å². The smallest absolute Gasteiger partial charge is 0.252 e. The Morgan fingerprint density at radius 2 is 2.22 bits per heavy atom. The minimum atomic E-state index is -0.243. The summed E-state index contributed by atoms with van der Waals surface area (Å²) in [6.45, 7) is 1.71. The zero-order valence-corrected chi connectivity index (χ0v) is 11.0. The Bertz CT molecular complexity index is 498. The van der Waals surface area contributed by atoms with Crippen LogP contribution in [-0.2, 0) is 0 Å². The second-order valence-corrected chi connectivity index (χ2v) is 5.11. The first-order chi connectivity index (χ1) is 8.50. The molecule has 18 heavy (non-hydrogen) atoms. The summed E-state index contributed by atoms with van der Waals surface area (Å²) in [6.07, 6.45) is 2.09. The second-order valence-electron chi connectivity index (χ2n) is 4.64. The quantitative estimate of drug-likeness (QED) is 0.720. The van der Waals surface area contributed by atoms with Crippen molar-refractivity contribution in [3.63, 3.8) is 0 Å². The average molecular weight is 264 g/mol. The molecule has 1 saturated carbocycles. The fraction of sp³-hybridized carbons (Fsp3) is 0.385. The first-order valence-electron chi connectivity index (χ1n) is 5.89. The lowest BCUT2D eigenvalue weighted by Crippen LogP contribution is -2.45. The van der Waals surface area contributed by atoms with Crippen molar-refractivity contribution < 1.29 is 9.90 Å². The molecule has 4 N–H and O–H groups in total. The number of thiocarbonyl (C=S) groups is 1. The Labute approximate surface area is 111 Å². The number of nitrogens with two attached hydrogens (primary N) is 1. The Kier molecular flexibility index (Phi) is 3.52. The SMILES string of the molecule is Cc1c(O)cccc1C(=O)NC(C(N)=S)C1CC1. The molecule has 1 atom stereocenters. The van der Waals surface area contributed by atoms with Crippen molar-refractivity contribution >= 4 is 23.1 Å². The van der Waals surface area contributed by atoms with E-state index in [2.05, 4.69) is 5.32 Å². The van der Waals surface area contributed by atoms with E-state index in [4.69, 9.17) is 18.0 Å². The molecular formula is C13H16N2O2S. The lowest BCUT2D eigenvalue weighted by molar-refractivity contribution is 0.0942. The van der Waals surface area contributed by atoms with Gasteiger partial charge >= 0.3 is 0 Å². The number of aromatic hydroxyl groups is 1. The van der Waals surface area contributed by atoms with Crippen LogP contribution in [-0.4, -0.2) is 22.0 Å². The van der Waals surface area contributed by atoms with Gasteiger partial charge in [0, 0.05) is 11.1 Å². The minimum Gasteiger partial charge on any atom is -0.508 e. The van der Waals surface area contributed by atoms with Gasteiger partial charge in [0.2, 0.25) is 0 Å². The standard InChI is InChI=1S/C13H16N2O2S/c1-7-9(3-2-4-10(7)16)13(17)15-11(12(14)18)8-5-6-8/h2-4,8,11,16H,5-6H2,1H3,(H2,14,18)(H,15,17). The summed E-state index contributed by atoms with van der Waals surface area (Å²) in [5, 5.41) is 12.4. The molecule has 96 valence electrons. The number of hydrogen-bond donors (Lipinski definition) is 3. The van der Waals surface area contributed by atoms with Crippen LogP contribution in [0.1, 0.15) is 28.8 Å². The first kappa shape index (κ1) is 12.8. The maximum atomic E-state index is 12.1. The van der Waals surface area contributed by atoms with Gasteiger partial charge in [-0.25, -0.2) is 0 Å². The number of rotatable bonds is 4. The van der Waals surface area contributed by atoms with Crippen LogP contribution in [0.4, 0.5) is 0 Å². The molecule has 0 aromatic heterocycles. The lowest BCUT2D eigenvalue weighted by Gasteiger charge is -2.17. The normalized spacial score (nSPS) is 16.1. The van der Waals surface area contributed by atoms with Crippen LogP contribution < -0.4 is 11.1 Å². The summed E-state index contributed by atoms with van der Waals surface area (Å²) >= 11 is 4.97. The predicted octanol–water partition coefficient (Wildman–Crippen LogP) is 1.50. The number of carbonyl (C=O) groups is 1. The van der Waals surface area contributed by atoms with Crippen molar-refractivity contribution in [2.75, 3.05) is 0 Å². The van der Waals surface area contributed by atoms with E-state index in [1.165, 1.54) is 0 Å². The van der Waals surface area contributed by atoms with Crippen LogP contribution in [0.5, 0.6) is 5.75 Å². The molecule has 1 fully saturated rings. The van der Waals surface area contributed by atoms with Gasteiger partial charge in [-0.1, -0.05) is 18.3 Å². The summed E-state index contributed by atoms with van der Waals surface area (Å²) < 4.78 is 0. The van der Waals surface area contributed by atoms with E-state index in [1.807, 2.05) is 0 Å². The van der Waals surface area contributed by atoms with Gasteiger partial charge in [0.15, 0.2) is 0 Å². The van der Waals surface area contributed by atoms with E-state index in [9.17, 15) is 9.90 Å². The third kappa shape index (κ3) is 2.61. The molecule has 4 nitrogen and oxygen atoms in total. The van der Waals surface area contributed by atoms with E-state index in [0.717, 1.165) is 12.8 Å². The second kappa shape index (κ2) is 4.94. The molecule has 0 saturated heterocycles. The molecule has 0 aliphatic heterocycles. The van der Waals surface area contributed by atoms with Crippen LogP contribution in [0.25, 0.3) is 0 Å². The van der Waals surface area contributed by atoms with Gasteiger partial charge in [-0.05, 0) is 37.8 Å². The summed E-state index contributed by atoms with van der Waals surface area (Å²) in [4.78, 5) is 12.5. The van der Waals surface area contributed by atoms with Crippen molar-refractivity contribution in [1.29, 1.82) is 0 Å². The lowest BCUT2D eigenvalue weighted by atomic mass is 10.1. The highest BCUT2D eigenvalue weighted by Gasteiger charge is 2.34. The van der Waals surface area contributed by atoms with Crippen molar-refractivity contribution in [2.45, 2.75) is 25.8 Å². The molecule has 0 spiro atoms. The van der Waals surface area contributed by atoms with Crippen molar-refractivity contribution in [1.82, 2.24) is 5.32 Å². The van der Waals surface area contributed by atoms with E-state index < -0.39 is 0 Å². The molecule has 1 aliphatic rings. The molecule has 0 radical (unpaired) electrons. The van der Waals surface area contributed by atoms with E-state index >= 15 is 0 Å². The van der Waals surface area contributed by atoms with Gasteiger partial charge < -0.3 is 16.2 Å². The molecule has 1 aromatic carbocycles. The number of carbonyl (C=O) groups excluding carboxylic acids is 1. The van der Waals surface area contributed by atoms with Crippen molar-refractivity contribution in [3.8, 4) is 5.75 Å².